The molecule has 1 heterocycles. The summed E-state index contributed by atoms with van der Waals surface area (Å²) in [6, 6.07) is 5.95. The number of benzene rings is 1. The third-order valence-electron chi connectivity index (χ3n) is 2.24. The van der Waals surface area contributed by atoms with Gasteiger partial charge in [0.05, 0.1) is 13.7 Å². The van der Waals surface area contributed by atoms with Crippen LogP contribution in [0.2, 0.25) is 0 Å². The summed E-state index contributed by atoms with van der Waals surface area (Å²) in [5.74, 6) is 2.41. The quantitative estimate of drug-likeness (QED) is 0.633. The van der Waals surface area contributed by atoms with Crippen molar-refractivity contribution in [1.82, 2.24) is 0 Å². The van der Waals surface area contributed by atoms with E-state index in [1.807, 2.05) is 18.2 Å². The Morgan fingerprint density at radius 1 is 1.50 bits per heavy atom. The van der Waals surface area contributed by atoms with E-state index in [2.05, 4.69) is 6.92 Å². The molecule has 1 aliphatic heterocycles. The third-order valence-corrected chi connectivity index (χ3v) is 2.24. The first-order chi connectivity index (χ1) is 5.81. The van der Waals surface area contributed by atoms with Gasteiger partial charge in [0.1, 0.15) is 11.5 Å². The molecular weight excluding hydrogens is 152 g/mol. The molecule has 0 amide bonds. The van der Waals surface area contributed by atoms with E-state index in [1.54, 1.807) is 7.11 Å². The molecule has 2 rings (SSSR count). The highest BCUT2D eigenvalue weighted by atomic mass is 16.5. The summed E-state index contributed by atoms with van der Waals surface area (Å²) >= 11 is 0. The van der Waals surface area contributed by atoms with Gasteiger partial charge in [-0.25, -0.2) is 0 Å². The Balaban J connectivity index is 2.43. The maximum atomic E-state index is 5.45. The number of ether oxygens (including phenoxy) is 2. The van der Waals surface area contributed by atoms with Gasteiger partial charge in [-0.05, 0) is 18.2 Å². The number of rotatable bonds is 1. The molecule has 0 radical (unpaired) electrons. The van der Waals surface area contributed by atoms with Crippen LogP contribution in [0.4, 0.5) is 0 Å². The summed E-state index contributed by atoms with van der Waals surface area (Å²) in [7, 11) is 1.68. The van der Waals surface area contributed by atoms with E-state index in [-0.39, 0.29) is 0 Å². The Bertz CT molecular complexity index is 294. The topological polar surface area (TPSA) is 18.5 Å². The zero-order valence-corrected chi connectivity index (χ0v) is 7.33. The second-order valence-electron chi connectivity index (χ2n) is 3.12. The minimum Gasteiger partial charge on any atom is -0.497 e. The van der Waals surface area contributed by atoms with Gasteiger partial charge >= 0.3 is 0 Å². The van der Waals surface area contributed by atoms with Gasteiger partial charge in [0, 0.05) is 11.5 Å². The van der Waals surface area contributed by atoms with E-state index in [1.165, 1.54) is 5.56 Å². The van der Waals surface area contributed by atoms with Crippen molar-refractivity contribution < 1.29 is 9.47 Å². The Morgan fingerprint density at radius 2 is 2.33 bits per heavy atom. The van der Waals surface area contributed by atoms with Crippen LogP contribution in [0.5, 0.6) is 11.5 Å². The predicted molar refractivity (Wildman–Crippen MR) is 46.9 cm³/mol. The van der Waals surface area contributed by atoms with Crippen LogP contribution in [-0.2, 0) is 0 Å². The molecule has 1 aromatic rings. The van der Waals surface area contributed by atoms with E-state index >= 15 is 0 Å². The lowest BCUT2D eigenvalue weighted by Gasteiger charge is -2.03. The standard InChI is InChI=1S/C10H12O2/c1-7-6-12-10-4-3-8(11-2)5-9(7)10/h3-5,7H,6H2,1-2H3/t7-/m0/s1. The highest BCUT2D eigenvalue weighted by Gasteiger charge is 2.19. The van der Waals surface area contributed by atoms with Crippen LogP contribution in [-0.4, -0.2) is 13.7 Å². The molecule has 1 aliphatic rings. The maximum absolute atomic E-state index is 5.45. The molecule has 2 heteroatoms. The smallest absolute Gasteiger partial charge is 0.123 e. The average molecular weight is 164 g/mol. The van der Waals surface area contributed by atoms with Crippen LogP contribution in [0, 0.1) is 0 Å². The minimum absolute atomic E-state index is 0.495. The van der Waals surface area contributed by atoms with Crippen LogP contribution < -0.4 is 9.47 Å². The van der Waals surface area contributed by atoms with E-state index in [0.29, 0.717) is 5.92 Å². The van der Waals surface area contributed by atoms with Gasteiger partial charge in [-0.2, -0.15) is 0 Å². The second kappa shape index (κ2) is 2.70. The fourth-order valence-corrected chi connectivity index (χ4v) is 1.47. The molecule has 0 aromatic heterocycles. The average Bonchev–Trinajstić information content (AvgIpc) is 2.47. The summed E-state index contributed by atoms with van der Waals surface area (Å²) in [6.45, 7) is 2.95. The van der Waals surface area contributed by atoms with Gasteiger partial charge < -0.3 is 9.47 Å². The lowest BCUT2D eigenvalue weighted by atomic mass is 10.0. The summed E-state index contributed by atoms with van der Waals surface area (Å²) in [6.07, 6.45) is 0. The second-order valence-corrected chi connectivity index (χ2v) is 3.12. The highest BCUT2D eigenvalue weighted by molar-refractivity contribution is 5.44. The summed E-state index contributed by atoms with van der Waals surface area (Å²) in [4.78, 5) is 0. The van der Waals surface area contributed by atoms with Crippen molar-refractivity contribution in [3.63, 3.8) is 0 Å². The zero-order chi connectivity index (χ0) is 8.55. The molecule has 1 aromatic carbocycles. The van der Waals surface area contributed by atoms with Crippen LogP contribution >= 0.6 is 0 Å². The van der Waals surface area contributed by atoms with Crippen molar-refractivity contribution in [1.29, 1.82) is 0 Å². The van der Waals surface area contributed by atoms with Crippen LogP contribution in [0.1, 0.15) is 18.4 Å². The highest BCUT2D eigenvalue weighted by Crippen LogP contribution is 2.35. The minimum atomic E-state index is 0.495. The molecule has 12 heavy (non-hydrogen) atoms. The maximum Gasteiger partial charge on any atom is 0.123 e. The SMILES string of the molecule is COc1ccc2c(c1)[C@@H](C)CO2. The molecule has 0 bridgehead atoms. The molecule has 2 nitrogen and oxygen atoms in total. The van der Waals surface area contributed by atoms with Crippen molar-refractivity contribution >= 4 is 0 Å². The molecule has 0 fully saturated rings. The van der Waals surface area contributed by atoms with Crippen LogP contribution in [0.3, 0.4) is 0 Å². The molecular formula is C10H12O2. The fourth-order valence-electron chi connectivity index (χ4n) is 1.47. The van der Waals surface area contributed by atoms with E-state index < -0.39 is 0 Å². The number of hydrogen-bond acceptors (Lipinski definition) is 2. The lowest BCUT2D eigenvalue weighted by Crippen LogP contribution is -1.93. The first-order valence-corrected chi connectivity index (χ1v) is 4.12. The fraction of sp³-hybridized carbons (Fsp3) is 0.400. The van der Waals surface area contributed by atoms with Crippen LogP contribution in [0.15, 0.2) is 18.2 Å². The van der Waals surface area contributed by atoms with Crippen molar-refractivity contribution in [3.8, 4) is 11.5 Å². The van der Waals surface area contributed by atoms with Crippen molar-refractivity contribution in [2.24, 2.45) is 0 Å². The largest absolute Gasteiger partial charge is 0.497 e. The Morgan fingerprint density at radius 3 is 3.08 bits per heavy atom. The molecule has 0 aliphatic carbocycles. The van der Waals surface area contributed by atoms with Gasteiger partial charge in [-0.15, -0.1) is 0 Å². The van der Waals surface area contributed by atoms with Gasteiger partial charge in [0.2, 0.25) is 0 Å². The molecule has 0 saturated carbocycles. The third kappa shape index (κ3) is 1.04. The molecule has 0 N–H and O–H groups in total. The summed E-state index contributed by atoms with van der Waals surface area (Å²) < 4.78 is 10.6. The van der Waals surface area contributed by atoms with Gasteiger partial charge in [0.25, 0.3) is 0 Å². The zero-order valence-electron chi connectivity index (χ0n) is 7.33. The van der Waals surface area contributed by atoms with Gasteiger partial charge in [-0.1, -0.05) is 6.92 Å². The lowest BCUT2D eigenvalue weighted by molar-refractivity contribution is 0.337. The van der Waals surface area contributed by atoms with E-state index in [0.717, 1.165) is 18.1 Å². The van der Waals surface area contributed by atoms with Crippen molar-refractivity contribution in [2.75, 3.05) is 13.7 Å². The number of hydrogen-bond donors (Lipinski definition) is 0. The molecule has 64 valence electrons. The Hall–Kier alpha value is -1.18. The normalized spacial score (nSPS) is 20.0. The molecule has 1 atom stereocenters. The van der Waals surface area contributed by atoms with Crippen molar-refractivity contribution in [2.45, 2.75) is 12.8 Å². The Kier molecular flexibility index (Phi) is 1.68. The monoisotopic (exact) mass is 164 g/mol. The van der Waals surface area contributed by atoms with Crippen molar-refractivity contribution in [3.05, 3.63) is 23.8 Å². The number of fused-ring (bicyclic) bond motifs is 1. The Labute approximate surface area is 72.1 Å². The number of methoxy groups -OCH3 is 1. The summed E-state index contributed by atoms with van der Waals surface area (Å²) in [5, 5.41) is 0. The first-order valence-electron chi connectivity index (χ1n) is 4.12. The predicted octanol–water partition coefficient (Wildman–Crippen LogP) is 2.19. The summed E-state index contributed by atoms with van der Waals surface area (Å²) in [5.41, 5.74) is 1.26. The first kappa shape index (κ1) is 7.47. The van der Waals surface area contributed by atoms with Crippen LogP contribution in [0.25, 0.3) is 0 Å². The van der Waals surface area contributed by atoms with Gasteiger partial charge in [0.15, 0.2) is 0 Å². The molecule has 0 unspecified atom stereocenters. The molecule has 0 saturated heterocycles. The molecule has 0 spiro atoms. The van der Waals surface area contributed by atoms with E-state index in [9.17, 15) is 0 Å². The van der Waals surface area contributed by atoms with E-state index in [4.69, 9.17) is 9.47 Å². The van der Waals surface area contributed by atoms with Gasteiger partial charge in [-0.3, -0.25) is 0 Å².